The van der Waals surface area contributed by atoms with Gasteiger partial charge in [0.05, 0.1) is 31.4 Å². The van der Waals surface area contributed by atoms with E-state index in [1.165, 1.54) is 0 Å². The molecule has 0 saturated heterocycles. The van der Waals surface area contributed by atoms with Crippen LogP contribution in [-0.2, 0) is 6.54 Å². The Morgan fingerprint density at radius 2 is 1.79 bits per heavy atom. The van der Waals surface area contributed by atoms with E-state index in [0.29, 0.717) is 18.0 Å². The summed E-state index contributed by atoms with van der Waals surface area (Å²) in [5.74, 6) is 5.06. The first-order valence-electron chi connectivity index (χ1n) is 8.59. The molecule has 4 rings (SSSR count). The van der Waals surface area contributed by atoms with Gasteiger partial charge >= 0.3 is 0 Å². The number of nitrogens with two attached hydrogens (primary N) is 1. The number of hydrogen-bond donors (Lipinski definition) is 2. The number of benzene rings is 2. The first-order chi connectivity index (χ1) is 13.6. The third kappa shape index (κ3) is 3.33. The Kier molecular flexibility index (Phi) is 4.99. The quantitative estimate of drug-likeness (QED) is 0.488. The number of methoxy groups -OCH3 is 2. The highest BCUT2D eigenvalue weighted by Crippen LogP contribution is 2.35. The summed E-state index contributed by atoms with van der Waals surface area (Å²) in [4.78, 5) is 9.04. The van der Waals surface area contributed by atoms with Gasteiger partial charge in [-0.05, 0) is 29.6 Å². The lowest BCUT2D eigenvalue weighted by molar-refractivity contribution is 0.356. The maximum Gasteiger partial charge on any atom is 0.162 e. The van der Waals surface area contributed by atoms with Crippen molar-refractivity contribution >= 4 is 38.7 Å². The van der Waals surface area contributed by atoms with Gasteiger partial charge in [-0.25, -0.2) is 4.98 Å². The second-order valence-electron chi connectivity index (χ2n) is 6.25. The zero-order valence-electron chi connectivity index (χ0n) is 15.7. The van der Waals surface area contributed by atoms with Gasteiger partial charge in [-0.2, -0.15) is 0 Å². The molecule has 1 unspecified atom stereocenters. The predicted octanol–water partition coefficient (Wildman–Crippen LogP) is 3.17. The molecule has 3 N–H and O–H groups in total. The molecule has 2 aromatic carbocycles. The average molecular weight is 395 g/mol. The fourth-order valence-electron chi connectivity index (χ4n) is 3.17. The maximum atomic E-state index is 5.67. The van der Waals surface area contributed by atoms with Crippen LogP contribution in [0.1, 0.15) is 5.56 Å². The van der Waals surface area contributed by atoms with Crippen LogP contribution in [0.5, 0.6) is 11.5 Å². The molecule has 0 spiro atoms. The van der Waals surface area contributed by atoms with Crippen molar-refractivity contribution in [2.24, 2.45) is 5.14 Å². The van der Waals surface area contributed by atoms with E-state index in [1.807, 2.05) is 18.5 Å². The molecule has 8 heteroatoms. The number of rotatable bonds is 6. The number of ether oxygens (including phenoxy) is 2. The minimum Gasteiger partial charge on any atom is -0.493 e. The molecule has 0 fully saturated rings. The Bertz CT molecular complexity index is 1170. The van der Waals surface area contributed by atoms with Crippen LogP contribution in [-0.4, -0.2) is 34.6 Å². The smallest absolute Gasteiger partial charge is 0.162 e. The molecular formula is C20H21N5O2S. The van der Waals surface area contributed by atoms with Crippen molar-refractivity contribution < 1.29 is 9.47 Å². The number of nitrogens with one attached hydrogen (secondary N) is 1. The van der Waals surface area contributed by atoms with Gasteiger partial charge < -0.3 is 9.47 Å². The molecule has 7 nitrogen and oxygen atoms in total. The van der Waals surface area contributed by atoms with Crippen LogP contribution in [0.2, 0.25) is 0 Å². The maximum absolute atomic E-state index is 5.67. The van der Waals surface area contributed by atoms with Crippen LogP contribution < -0.4 is 19.3 Å². The lowest BCUT2D eigenvalue weighted by Gasteiger charge is -2.11. The summed E-state index contributed by atoms with van der Waals surface area (Å²) >= 11 is 0. The summed E-state index contributed by atoms with van der Waals surface area (Å²) < 4.78 is 16.1. The average Bonchev–Trinajstić information content (AvgIpc) is 3.16. The number of fused-ring (bicyclic) bond motifs is 3. The largest absolute Gasteiger partial charge is 0.493 e. The minimum absolute atomic E-state index is 0.536. The van der Waals surface area contributed by atoms with E-state index in [2.05, 4.69) is 49.4 Å². The van der Waals surface area contributed by atoms with Gasteiger partial charge in [-0.15, -0.1) is 0 Å². The summed E-state index contributed by atoms with van der Waals surface area (Å²) in [6, 6.07) is 12.1. The zero-order chi connectivity index (χ0) is 19.7. The van der Waals surface area contributed by atoms with E-state index < -0.39 is 10.9 Å². The topological polar surface area (TPSA) is 87.2 Å². The molecule has 0 aliphatic carbocycles. The molecule has 28 heavy (non-hydrogen) atoms. The zero-order valence-corrected chi connectivity index (χ0v) is 16.5. The van der Waals surface area contributed by atoms with Crippen LogP contribution in [0.3, 0.4) is 0 Å². The van der Waals surface area contributed by atoms with Gasteiger partial charge in [-0.3, -0.25) is 19.4 Å². The number of hydrogen-bond acceptors (Lipinski definition) is 6. The molecular weight excluding hydrogens is 374 g/mol. The van der Waals surface area contributed by atoms with Gasteiger partial charge in [0, 0.05) is 23.7 Å². The normalized spacial score (nSPS) is 12.4. The molecule has 0 saturated carbocycles. The molecule has 0 bridgehead atoms. The van der Waals surface area contributed by atoms with E-state index in [4.69, 9.17) is 14.6 Å². The molecule has 2 aromatic heterocycles. The van der Waals surface area contributed by atoms with E-state index in [9.17, 15) is 0 Å². The summed E-state index contributed by atoms with van der Waals surface area (Å²) in [5.41, 5.74) is 4.75. The number of imidazole rings is 1. The standard InChI is InChI=1S/C20H21N5O2S/c1-26-18-8-15-16(9-19(18)27-2)22-11-17-20(15)25(12-23-17)14-6-4-13(5-7-14)10-24-28(3)21/h4-9,11-12,24H,3,10,21H2,1-2H3. The fraction of sp³-hybridized carbons (Fsp3) is 0.150. The molecule has 4 aromatic rings. The van der Waals surface area contributed by atoms with E-state index in [0.717, 1.165) is 33.2 Å². The first kappa shape index (κ1) is 18.4. The lowest BCUT2D eigenvalue weighted by Crippen LogP contribution is -2.09. The third-order valence-corrected chi connectivity index (χ3v) is 5.07. The van der Waals surface area contributed by atoms with E-state index in [-0.39, 0.29) is 0 Å². The summed E-state index contributed by atoms with van der Waals surface area (Å²) in [6.45, 7) is 0.678. The van der Waals surface area contributed by atoms with E-state index >= 15 is 0 Å². The molecule has 0 radical (unpaired) electrons. The Hall–Kier alpha value is -2.94. The van der Waals surface area contributed by atoms with Gasteiger partial charge in [0.1, 0.15) is 11.8 Å². The van der Waals surface area contributed by atoms with Crippen LogP contribution in [0.4, 0.5) is 0 Å². The molecule has 0 amide bonds. The fourth-order valence-corrected chi connectivity index (χ4v) is 3.52. The van der Waals surface area contributed by atoms with Gasteiger partial charge in [0.2, 0.25) is 0 Å². The van der Waals surface area contributed by atoms with Gasteiger partial charge in [0.15, 0.2) is 11.5 Å². The summed E-state index contributed by atoms with van der Waals surface area (Å²) in [6.07, 6.45) is 3.58. The summed E-state index contributed by atoms with van der Waals surface area (Å²) in [7, 11) is 2.70. The van der Waals surface area contributed by atoms with Crippen LogP contribution in [0.25, 0.3) is 27.6 Å². The SMILES string of the molecule is C=S(N)NCc1ccc(-n2cnc3cnc4cc(OC)c(OC)cc4c32)cc1. The molecule has 1 atom stereocenters. The van der Waals surface area contributed by atoms with Crippen LogP contribution >= 0.6 is 10.9 Å². The monoisotopic (exact) mass is 395 g/mol. The van der Waals surface area contributed by atoms with Crippen LogP contribution in [0.15, 0.2) is 48.9 Å². The first-order valence-corrected chi connectivity index (χ1v) is 10.1. The van der Waals surface area contributed by atoms with Crippen molar-refractivity contribution in [2.45, 2.75) is 6.54 Å². The van der Waals surface area contributed by atoms with Crippen molar-refractivity contribution in [1.82, 2.24) is 19.3 Å². The number of nitrogens with zero attached hydrogens (tertiary/aromatic N) is 3. The highest BCUT2D eigenvalue weighted by Gasteiger charge is 2.14. The summed E-state index contributed by atoms with van der Waals surface area (Å²) in [5, 5.41) is 6.62. The highest BCUT2D eigenvalue weighted by atomic mass is 32.2. The van der Waals surface area contributed by atoms with Gasteiger partial charge in [0.25, 0.3) is 0 Å². The number of aromatic nitrogens is 3. The molecule has 0 aliphatic rings. The second-order valence-corrected chi connectivity index (χ2v) is 7.39. The Balaban J connectivity index is 1.83. The van der Waals surface area contributed by atoms with Crippen molar-refractivity contribution in [3.05, 3.63) is 54.5 Å². The lowest BCUT2D eigenvalue weighted by atomic mass is 10.1. The number of pyridine rings is 1. The molecule has 0 aliphatic heterocycles. The Morgan fingerprint density at radius 3 is 2.46 bits per heavy atom. The second kappa shape index (κ2) is 7.59. The third-order valence-electron chi connectivity index (χ3n) is 4.55. The van der Waals surface area contributed by atoms with Crippen molar-refractivity contribution in [3.8, 4) is 17.2 Å². The van der Waals surface area contributed by atoms with Crippen LogP contribution in [0, 0.1) is 0 Å². The van der Waals surface area contributed by atoms with Gasteiger partial charge in [-0.1, -0.05) is 23.0 Å². The Morgan fingerprint density at radius 1 is 1.07 bits per heavy atom. The van der Waals surface area contributed by atoms with Crippen molar-refractivity contribution in [2.75, 3.05) is 14.2 Å². The molecule has 144 valence electrons. The highest BCUT2D eigenvalue weighted by molar-refractivity contribution is 8.10. The van der Waals surface area contributed by atoms with E-state index in [1.54, 1.807) is 20.4 Å². The predicted molar refractivity (Wildman–Crippen MR) is 115 cm³/mol. The van der Waals surface area contributed by atoms with Crippen molar-refractivity contribution in [3.63, 3.8) is 0 Å². The molecule has 2 heterocycles. The van der Waals surface area contributed by atoms with Crippen molar-refractivity contribution in [1.29, 1.82) is 0 Å². The Labute approximate surface area is 165 Å². The minimum atomic E-state index is -0.536.